The highest BCUT2D eigenvalue weighted by Gasteiger charge is 2.34. The number of carboxylic acids is 1. The van der Waals surface area contributed by atoms with E-state index in [-0.39, 0.29) is 12.8 Å². The predicted octanol–water partition coefficient (Wildman–Crippen LogP) is 0.763. The third-order valence-electron chi connectivity index (χ3n) is 2.04. The average molecular weight is 190 g/mol. The SMILES string of the molecule is CCCC(O)(CCC(C)O)C(=O)O. The number of hydrogen-bond donors (Lipinski definition) is 3. The summed E-state index contributed by atoms with van der Waals surface area (Å²) in [5.41, 5.74) is -1.66. The molecule has 0 bridgehead atoms. The van der Waals surface area contributed by atoms with Crippen molar-refractivity contribution in [1.29, 1.82) is 0 Å². The van der Waals surface area contributed by atoms with Gasteiger partial charge in [-0.3, -0.25) is 0 Å². The Morgan fingerprint density at radius 2 is 2.00 bits per heavy atom. The Bertz CT molecular complexity index is 167. The lowest BCUT2D eigenvalue weighted by molar-refractivity contribution is -0.160. The van der Waals surface area contributed by atoms with Crippen LogP contribution in [0.4, 0.5) is 0 Å². The highest BCUT2D eigenvalue weighted by atomic mass is 16.4. The zero-order valence-electron chi connectivity index (χ0n) is 8.16. The third kappa shape index (κ3) is 4.24. The second-order valence-electron chi connectivity index (χ2n) is 3.47. The van der Waals surface area contributed by atoms with E-state index >= 15 is 0 Å². The summed E-state index contributed by atoms with van der Waals surface area (Å²) in [4.78, 5) is 10.7. The molecular formula is C9H18O4. The van der Waals surface area contributed by atoms with Gasteiger partial charge in [0.05, 0.1) is 6.10 Å². The predicted molar refractivity (Wildman–Crippen MR) is 48.4 cm³/mol. The molecule has 0 aromatic rings. The molecule has 0 spiro atoms. The first kappa shape index (κ1) is 12.4. The summed E-state index contributed by atoms with van der Waals surface area (Å²) < 4.78 is 0. The standard InChI is InChI=1S/C9H18O4/c1-3-5-9(13,8(11)12)6-4-7(2)10/h7,10,13H,3-6H2,1-2H3,(H,11,12). The van der Waals surface area contributed by atoms with E-state index in [0.717, 1.165) is 0 Å². The van der Waals surface area contributed by atoms with Crippen LogP contribution in [0.25, 0.3) is 0 Å². The second-order valence-corrected chi connectivity index (χ2v) is 3.47. The smallest absolute Gasteiger partial charge is 0.335 e. The number of carboxylic acid groups (broad SMARTS) is 1. The average Bonchev–Trinajstić information content (AvgIpc) is 2.01. The summed E-state index contributed by atoms with van der Waals surface area (Å²) in [5, 5.41) is 27.3. The fourth-order valence-electron chi connectivity index (χ4n) is 1.20. The minimum Gasteiger partial charge on any atom is -0.479 e. The Balaban J connectivity index is 4.16. The van der Waals surface area contributed by atoms with E-state index in [0.29, 0.717) is 12.8 Å². The molecule has 0 amide bonds. The lowest BCUT2D eigenvalue weighted by Crippen LogP contribution is -2.39. The number of aliphatic hydroxyl groups excluding tert-OH is 1. The van der Waals surface area contributed by atoms with Crippen LogP contribution in [0.1, 0.15) is 39.5 Å². The number of aliphatic carboxylic acids is 1. The van der Waals surface area contributed by atoms with Crippen molar-refractivity contribution in [1.82, 2.24) is 0 Å². The van der Waals surface area contributed by atoms with Crippen molar-refractivity contribution in [3.05, 3.63) is 0 Å². The fraction of sp³-hybridized carbons (Fsp3) is 0.889. The van der Waals surface area contributed by atoms with Crippen LogP contribution in [-0.4, -0.2) is 33.0 Å². The second kappa shape index (κ2) is 5.19. The van der Waals surface area contributed by atoms with Gasteiger partial charge >= 0.3 is 5.97 Å². The van der Waals surface area contributed by atoms with Crippen molar-refractivity contribution in [2.45, 2.75) is 51.2 Å². The summed E-state index contributed by atoms with van der Waals surface area (Å²) in [5.74, 6) is -1.20. The molecule has 0 saturated heterocycles. The van der Waals surface area contributed by atoms with E-state index in [4.69, 9.17) is 10.2 Å². The maximum atomic E-state index is 10.7. The zero-order valence-corrected chi connectivity index (χ0v) is 8.16. The highest BCUT2D eigenvalue weighted by Crippen LogP contribution is 2.20. The van der Waals surface area contributed by atoms with E-state index in [9.17, 15) is 9.90 Å². The van der Waals surface area contributed by atoms with Crippen molar-refractivity contribution < 1.29 is 20.1 Å². The maximum Gasteiger partial charge on any atom is 0.335 e. The largest absolute Gasteiger partial charge is 0.479 e. The number of rotatable bonds is 6. The molecule has 0 fully saturated rings. The first-order chi connectivity index (χ1) is 5.92. The normalized spacial score (nSPS) is 17.8. The van der Waals surface area contributed by atoms with Crippen molar-refractivity contribution >= 4 is 5.97 Å². The minimum absolute atomic E-state index is 0.105. The van der Waals surface area contributed by atoms with Crippen LogP contribution >= 0.6 is 0 Å². The fourth-order valence-corrected chi connectivity index (χ4v) is 1.20. The molecule has 4 nitrogen and oxygen atoms in total. The van der Waals surface area contributed by atoms with Gasteiger partial charge in [0, 0.05) is 0 Å². The van der Waals surface area contributed by atoms with Gasteiger partial charge in [-0.15, -0.1) is 0 Å². The van der Waals surface area contributed by atoms with Crippen LogP contribution in [-0.2, 0) is 4.79 Å². The van der Waals surface area contributed by atoms with Gasteiger partial charge in [-0.2, -0.15) is 0 Å². The highest BCUT2D eigenvalue weighted by molar-refractivity contribution is 5.76. The number of aliphatic hydroxyl groups is 2. The monoisotopic (exact) mass is 190 g/mol. The summed E-state index contributed by atoms with van der Waals surface area (Å²) in [6.45, 7) is 3.39. The van der Waals surface area contributed by atoms with Gasteiger partial charge in [-0.05, 0) is 26.2 Å². The van der Waals surface area contributed by atoms with Gasteiger partial charge in [-0.25, -0.2) is 4.79 Å². The topological polar surface area (TPSA) is 77.8 Å². The van der Waals surface area contributed by atoms with Gasteiger partial charge in [0.1, 0.15) is 0 Å². The molecule has 0 saturated carbocycles. The first-order valence-corrected chi connectivity index (χ1v) is 4.56. The Morgan fingerprint density at radius 3 is 2.31 bits per heavy atom. The Hall–Kier alpha value is -0.610. The lowest BCUT2D eigenvalue weighted by atomic mass is 9.91. The van der Waals surface area contributed by atoms with Crippen LogP contribution in [0.3, 0.4) is 0 Å². The van der Waals surface area contributed by atoms with Gasteiger partial charge < -0.3 is 15.3 Å². The zero-order chi connectivity index (χ0) is 10.5. The number of carbonyl (C=O) groups is 1. The molecule has 0 aromatic carbocycles. The van der Waals surface area contributed by atoms with Crippen molar-refractivity contribution in [2.24, 2.45) is 0 Å². The molecule has 0 aliphatic rings. The third-order valence-corrected chi connectivity index (χ3v) is 2.04. The summed E-state index contributed by atoms with van der Waals surface area (Å²) in [6.07, 6.45) is 0.691. The summed E-state index contributed by atoms with van der Waals surface area (Å²) in [6, 6.07) is 0. The molecule has 3 N–H and O–H groups in total. The molecule has 2 atom stereocenters. The molecular weight excluding hydrogens is 172 g/mol. The van der Waals surface area contributed by atoms with E-state index in [1.165, 1.54) is 0 Å². The molecule has 0 radical (unpaired) electrons. The van der Waals surface area contributed by atoms with Crippen molar-refractivity contribution in [3.8, 4) is 0 Å². The summed E-state index contributed by atoms with van der Waals surface area (Å²) in [7, 11) is 0. The number of hydrogen-bond acceptors (Lipinski definition) is 3. The van der Waals surface area contributed by atoms with Crippen LogP contribution < -0.4 is 0 Å². The van der Waals surface area contributed by atoms with Gasteiger partial charge in [0.25, 0.3) is 0 Å². The van der Waals surface area contributed by atoms with E-state index < -0.39 is 17.7 Å². The summed E-state index contributed by atoms with van der Waals surface area (Å²) >= 11 is 0. The molecule has 78 valence electrons. The van der Waals surface area contributed by atoms with Gasteiger partial charge in [0.2, 0.25) is 0 Å². The van der Waals surface area contributed by atoms with E-state index in [1.54, 1.807) is 6.92 Å². The minimum atomic E-state index is -1.66. The molecule has 0 aliphatic carbocycles. The molecule has 0 heterocycles. The lowest BCUT2D eigenvalue weighted by Gasteiger charge is -2.23. The van der Waals surface area contributed by atoms with Crippen LogP contribution in [0, 0.1) is 0 Å². The van der Waals surface area contributed by atoms with Gasteiger partial charge in [-0.1, -0.05) is 13.3 Å². The molecule has 2 unspecified atom stereocenters. The first-order valence-electron chi connectivity index (χ1n) is 4.56. The van der Waals surface area contributed by atoms with Crippen molar-refractivity contribution in [2.75, 3.05) is 0 Å². The van der Waals surface area contributed by atoms with Crippen LogP contribution in [0.5, 0.6) is 0 Å². The van der Waals surface area contributed by atoms with Crippen molar-refractivity contribution in [3.63, 3.8) is 0 Å². The Morgan fingerprint density at radius 1 is 1.46 bits per heavy atom. The molecule has 0 aromatic heterocycles. The molecule has 0 aliphatic heterocycles. The van der Waals surface area contributed by atoms with Crippen LogP contribution in [0.15, 0.2) is 0 Å². The van der Waals surface area contributed by atoms with E-state index in [2.05, 4.69) is 0 Å². The Labute approximate surface area is 78.2 Å². The quantitative estimate of drug-likeness (QED) is 0.578. The molecule has 4 heteroatoms. The maximum absolute atomic E-state index is 10.7. The molecule has 13 heavy (non-hydrogen) atoms. The van der Waals surface area contributed by atoms with Gasteiger partial charge in [0.15, 0.2) is 5.60 Å². The Kier molecular flexibility index (Phi) is 4.95. The van der Waals surface area contributed by atoms with E-state index in [1.807, 2.05) is 6.92 Å². The molecule has 0 rings (SSSR count). The van der Waals surface area contributed by atoms with Crippen LogP contribution in [0.2, 0.25) is 0 Å².